The number of pyridine rings is 1. The third kappa shape index (κ3) is 3.45. The Hall–Kier alpha value is -2.95. The summed E-state index contributed by atoms with van der Waals surface area (Å²) < 4.78 is 1.59. The van der Waals surface area contributed by atoms with Gasteiger partial charge in [-0.2, -0.15) is 0 Å². The molecule has 1 N–H and O–H groups in total. The fourth-order valence-electron chi connectivity index (χ4n) is 2.45. The van der Waals surface area contributed by atoms with Gasteiger partial charge in [0.25, 0.3) is 0 Å². The number of benzene rings is 1. The van der Waals surface area contributed by atoms with E-state index in [4.69, 9.17) is 0 Å². The molecule has 0 radical (unpaired) electrons. The molecule has 0 saturated carbocycles. The van der Waals surface area contributed by atoms with Crippen LogP contribution in [0.4, 0.5) is 5.82 Å². The Labute approximate surface area is 134 Å². The van der Waals surface area contributed by atoms with E-state index in [2.05, 4.69) is 10.3 Å². The molecule has 0 aliphatic rings. The number of hydrogen-bond donors (Lipinski definition) is 1. The maximum absolute atomic E-state index is 12.3. The summed E-state index contributed by atoms with van der Waals surface area (Å²) in [6.45, 7) is 1.93. The molecule has 0 aliphatic heterocycles. The Bertz CT molecular complexity index is 867. The number of aromatic nitrogens is 2. The lowest BCUT2D eigenvalue weighted by molar-refractivity contribution is -0.116. The van der Waals surface area contributed by atoms with Gasteiger partial charge >= 0.3 is 0 Å². The average molecular weight is 307 g/mol. The molecule has 0 aliphatic carbocycles. The largest absolute Gasteiger partial charge is 0.311 e. The molecule has 1 amide bonds. The first kappa shape index (κ1) is 15.0. The van der Waals surface area contributed by atoms with E-state index in [0.29, 0.717) is 5.82 Å². The summed E-state index contributed by atoms with van der Waals surface area (Å²) >= 11 is 0. The van der Waals surface area contributed by atoms with Crippen molar-refractivity contribution < 1.29 is 9.59 Å². The van der Waals surface area contributed by atoms with Gasteiger partial charge in [-0.25, -0.2) is 4.98 Å². The van der Waals surface area contributed by atoms with Crippen LogP contribution in [0, 0.1) is 6.92 Å². The molecule has 0 fully saturated rings. The summed E-state index contributed by atoms with van der Waals surface area (Å²) in [6.07, 6.45) is 3.66. The van der Waals surface area contributed by atoms with Crippen molar-refractivity contribution in [3.63, 3.8) is 0 Å². The van der Waals surface area contributed by atoms with Crippen LogP contribution in [-0.2, 0) is 4.79 Å². The van der Waals surface area contributed by atoms with Crippen LogP contribution in [0.25, 0.3) is 10.9 Å². The molecule has 0 spiro atoms. The minimum atomic E-state index is -0.215. The fraction of sp³-hybridized carbons (Fsp3) is 0.167. The van der Waals surface area contributed by atoms with Gasteiger partial charge in [-0.3, -0.25) is 14.2 Å². The molecule has 5 heteroatoms. The second-order valence-electron chi connectivity index (χ2n) is 5.40. The number of nitrogens with one attached hydrogen (secondary N) is 1. The maximum atomic E-state index is 12.3. The highest BCUT2D eigenvalue weighted by atomic mass is 16.2. The normalized spacial score (nSPS) is 10.7. The van der Waals surface area contributed by atoms with Gasteiger partial charge in [-0.1, -0.05) is 18.2 Å². The van der Waals surface area contributed by atoms with Crippen molar-refractivity contribution in [2.24, 2.45) is 0 Å². The molecule has 0 atom stereocenters. The maximum Gasteiger partial charge on any atom is 0.231 e. The Morgan fingerprint density at radius 2 is 1.96 bits per heavy atom. The van der Waals surface area contributed by atoms with Crippen LogP contribution >= 0.6 is 0 Å². The van der Waals surface area contributed by atoms with Crippen molar-refractivity contribution in [2.75, 3.05) is 5.32 Å². The molecular weight excluding hydrogens is 290 g/mol. The highest BCUT2D eigenvalue weighted by Gasteiger charge is 2.11. The standard InChI is InChI=1S/C18H17N3O2/c1-13-8-10-19-16(12-13)20-17(22)6-7-18(23)21-11-9-14-4-2-3-5-15(14)21/h2-5,8-12H,6-7H2,1H3,(H,19,20,22). The molecule has 5 nitrogen and oxygen atoms in total. The van der Waals surface area contributed by atoms with Crippen LogP contribution in [0.2, 0.25) is 0 Å². The van der Waals surface area contributed by atoms with Gasteiger partial charge in [0.1, 0.15) is 5.82 Å². The van der Waals surface area contributed by atoms with Crippen LogP contribution in [0.15, 0.2) is 54.9 Å². The number of para-hydroxylation sites is 1. The topological polar surface area (TPSA) is 64.0 Å². The molecule has 116 valence electrons. The first-order valence-corrected chi connectivity index (χ1v) is 7.45. The highest BCUT2D eigenvalue weighted by Crippen LogP contribution is 2.16. The van der Waals surface area contributed by atoms with E-state index in [9.17, 15) is 9.59 Å². The van der Waals surface area contributed by atoms with Crippen molar-refractivity contribution in [1.82, 2.24) is 9.55 Å². The molecule has 1 aromatic carbocycles. The zero-order valence-electron chi connectivity index (χ0n) is 12.8. The summed E-state index contributed by atoms with van der Waals surface area (Å²) in [5.41, 5.74) is 1.88. The third-order valence-electron chi connectivity index (χ3n) is 3.62. The van der Waals surface area contributed by atoms with Gasteiger partial charge in [0.2, 0.25) is 11.8 Å². The number of carbonyl (C=O) groups is 2. The van der Waals surface area contributed by atoms with E-state index >= 15 is 0 Å². The zero-order valence-corrected chi connectivity index (χ0v) is 12.8. The van der Waals surface area contributed by atoms with Gasteiger partial charge in [-0.05, 0) is 36.8 Å². The van der Waals surface area contributed by atoms with Crippen molar-refractivity contribution in [1.29, 1.82) is 0 Å². The van der Waals surface area contributed by atoms with Gasteiger partial charge in [-0.15, -0.1) is 0 Å². The van der Waals surface area contributed by atoms with Crippen LogP contribution in [0.5, 0.6) is 0 Å². The van der Waals surface area contributed by atoms with E-state index in [1.54, 1.807) is 23.0 Å². The lowest BCUT2D eigenvalue weighted by atomic mass is 10.2. The second-order valence-corrected chi connectivity index (χ2v) is 5.40. The van der Waals surface area contributed by atoms with E-state index in [1.165, 1.54) is 0 Å². The molecule has 0 bridgehead atoms. The van der Waals surface area contributed by atoms with Crippen LogP contribution < -0.4 is 5.32 Å². The summed E-state index contributed by atoms with van der Waals surface area (Å²) in [4.78, 5) is 28.3. The predicted octanol–water partition coefficient (Wildman–Crippen LogP) is 3.40. The summed E-state index contributed by atoms with van der Waals surface area (Å²) in [5.74, 6) is 0.195. The van der Waals surface area contributed by atoms with Gasteiger partial charge in [0.15, 0.2) is 0 Å². The number of amides is 1. The molecule has 23 heavy (non-hydrogen) atoms. The quantitative estimate of drug-likeness (QED) is 0.803. The molecule has 3 aromatic rings. The first-order valence-electron chi connectivity index (χ1n) is 7.45. The monoisotopic (exact) mass is 307 g/mol. The van der Waals surface area contributed by atoms with E-state index < -0.39 is 0 Å². The summed E-state index contributed by atoms with van der Waals surface area (Å²) in [6, 6.07) is 13.2. The Balaban J connectivity index is 1.61. The second kappa shape index (κ2) is 6.44. The lowest BCUT2D eigenvalue weighted by Crippen LogP contribution is -2.16. The van der Waals surface area contributed by atoms with E-state index in [1.807, 2.05) is 43.3 Å². The van der Waals surface area contributed by atoms with Gasteiger partial charge in [0.05, 0.1) is 5.52 Å². The van der Waals surface area contributed by atoms with Crippen molar-refractivity contribution in [3.05, 3.63) is 60.4 Å². The third-order valence-corrected chi connectivity index (χ3v) is 3.62. The Morgan fingerprint density at radius 3 is 2.78 bits per heavy atom. The molecule has 0 saturated heterocycles. The fourth-order valence-corrected chi connectivity index (χ4v) is 2.45. The predicted molar refractivity (Wildman–Crippen MR) is 89.4 cm³/mol. The highest BCUT2D eigenvalue weighted by molar-refractivity contribution is 5.96. The summed E-state index contributed by atoms with van der Waals surface area (Å²) in [7, 11) is 0. The smallest absolute Gasteiger partial charge is 0.231 e. The first-order chi connectivity index (χ1) is 11.1. The van der Waals surface area contributed by atoms with Crippen molar-refractivity contribution >= 4 is 28.5 Å². The minimum absolute atomic E-state index is 0.0986. The van der Waals surface area contributed by atoms with E-state index in [-0.39, 0.29) is 24.7 Å². The Kier molecular flexibility index (Phi) is 4.19. The number of nitrogens with zero attached hydrogens (tertiary/aromatic N) is 2. The van der Waals surface area contributed by atoms with Crippen LogP contribution in [-0.4, -0.2) is 21.4 Å². The number of carbonyl (C=O) groups excluding carboxylic acids is 2. The molecule has 3 rings (SSSR count). The minimum Gasteiger partial charge on any atom is -0.311 e. The number of hydrogen-bond acceptors (Lipinski definition) is 3. The number of aryl methyl sites for hydroxylation is 1. The van der Waals surface area contributed by atoms with Crippen molar-refractivity contribution in [2.45, 2.75) is 19.8 Å². The molecule has 0 unspecified atom stereocenters. The van der Waals surface area contributed by atoms with Gasteiger partial charge < -0.3 is 5.32 Å². The molecular formula is C18H17N3O2. The van der Waals surface area contributed by atoms with Crippen molar-refractivity contribution in [3.8, 4) is 0 Å². The average Bonchev–Trinajstić information content (AvgIpc) is 2.97. The Morgan fingerprint density at radius 1 is 1.13 bits per heavy atom. The van der Waals surface area contributed by atoms with E-state index in [0.717, 1.165) is 16.5 Å². The molecule has 2 aromatic heterocycles. The zero-order chi connectivity index (χ0) is 16.2. The van der Waals surface area contributed by atoms with Gasteiger partial charge in [0, 0.05) is 30.6 Å². The lowest BCUT2D eigenvalue weighted by Gasteiger charge is -2.06. The number of fused-ring (bicyclic) bond motifs is 1. The van der Waals surface area contributed by atoms with Crippen LogP contribution in [0.3, 0.4) is 0 Å². The summed E-state index contributed by atoms with van der Waals surface area (Å²) in [5, 5.41) is 3.72. The number of anilines is 1. The van der Waals surface area contributed by atoms with Crippen LogP contribution in [0.1, 0.15) is 23.2 Å². The number of rotatable bonds is 4. The molecule has 2 heterocycles. The SMILES string of the molecule is Cc1ccnc(NC(=O)CCC(=O)n2ccc3ccccc32)c1.